The summed E-state index contributed by atoms with van der Waals surface area (Å²) in [6, 6.07) is 14.5. The van der Waals surface area contributed by atoms with Gasteiger partial charge in [-0.25, -0.2) is 4.79 Å². The molecular weight excluding hydrogens is 469 g/mol. The Balaban J connectivity index is 1.65. The number of rotatable bonds is 10. The number of thiophene rings is 1. The van der Waals surface area contributed by atoms with Crippen LogP contribution in [0.5, 0.6) is 5.75 Å². The zero-order valence-corrected chi connectivity index (χ0v) is 19.8. The number of nitrogens with one attached hydrogen (secondary N) is 1. The van der Waals surface area contributed by atoms with Crippen LogP contribution in [-0.4, -0.2) is 17.0 Å². The van der Waals surface area contributed by atoms with Crippen LogP contribution in [0.4, 0.5) is 5.00 Å². The molecule has 2 aromatic carbocycles. The van der Waals surface area contributed by atoms with Crippen LogP contribution in [0, 0.1) is 0 Å². The molecule has 0 spiro atoms. The Bertz CT molecular complexity index is 1080. The number of aromatic carboxylic acids is 1. The van der Waals surface area contributed by atoms with Crippen molar-refractivity contribution in [2.75, 3.05) is 5.32 Å². The molecule has 0 aliphatic heterocycles. The molecule has 8 heteroatoms. The van der Waals surface area contributed by atoms with E-state index in [-0.39, 0.29) is 18.1 Å². The van der Waals surface area contributed by atoms with Crippen LogP contribution in [-0.2, 0) is 17.8 Å². The lowest BCUT2D eigenvalue weighted by molar-refractivity contribution is -0.116. The van der Waals surface area contributed by atoms with Crippen LogP contribution in [0.3, 0.4) is 0 Å². The maximum Gasteiger partial charge on any atom is 0.338 e. The molecule has 0 unspecified atom stereocenters. The number of amides is 1. The number of anilines is 1. The Kier molecular flexibility index (Phi) is 8.56. The molecule has 0 aliphatic rings. The van der Waals surface area contributed by atoms with E-state index in [1.807, 2.05) is 31.2 Å². The molecule has 0 radical (unpaired) electrons. The fourth-order valence-corrected chi connectivity index (χ4v) is 4.64. The first-order valence-electron chi connectivity index (χ1n) is 10.2. The van der Waals surface area contributed by atoms with E-state index in [0.29, 0.717) is 33.6 Å². The predicted octanol–water partition coefficient (Wildman–Crippen LogP) is 7.05. The summed E-state index contributed by atoms with van der Waals surface area (Å²) in [4.78, 5) is 24.5. The van der Waals surface area contributed by atoms with Crippen LogP contribution in [0.2, 0.25) is 10.0 Å². The Morgan fingerprint density at radius 1 is 1.09 bits per heavy atom. The van der Waals surface area contributed by atoms with Crippen LogP contribution >= 0.6 is 34.5 Å². The molecule has 1 amide bonds. The molecule has 1 heterocycles. The van der Waals surface area contributed by atoms with E-state index in [1.165, 1.54) is 11.3 Å². The molecular formula is C24H23Cl2NO4S. The summed E-state index contributed by atoms with van der Waals surface area (Å²) < 4.78 is 5.80. The van der Waals surface area contributed by atoms with Gasteiger partial charge in [0.05, 0.1) is 5.56 Å². The summed E-state index contributed by atoms with van der Waals surface area (Å²) in [5.74, 6) is -0.547. The first kappa shape index (κ1) is 24.1. The van der Waals surface area contributed by atoms with Crippen molar-refractivity contribution in [3.8, 4) is 5.75 Å². The second kappa shape index (κ2) is 11.4. The van der Waals surface area contributed by atoms with E-state index in [0.717, 1.165) is 28.8 Å². The number of ether oxygens (including phenoxy) is 1. The molecule has 0 atom stereocenters. The quantitative estimate of drug-likeness (QED) is 0.318. The Labute approximate surface area is 200 Å². The van der Waals surface area contributed by atoms with Gasteiger partial charge < -0.3 is 15.2 Å². The van der Waals surface area contributed by atoms with Gasteiger partial charge in [-0.3, -0.25) is 4.79 Å². The van der Waals surface area contributed by atoms with Gasteiger partial charge >= 0.3 is 5.97 Å². The molecule has 168 valence electrons. The number of carboxylic acids is 1. The number of carbonyl (C=O) groups excluding carboxylic acids is 1. The highest BCUT2D eigenvalue weighted by Gasteiger charge is 2.17. The summed E-state index contributed by atoms with van der Waals surface area (Å²) >= 11 is 13.6. The largest absolute Gasteiger partial charge is 0.489 e. The number of benzene rings is 2. The SMILES string of the molecule is CCCCC(=O)Nc1sc(Cc2ccc(OCc3c(Cl)cccc3Cl)cc2)cc1C(=O)O. The monoisotopic (exact) mass is 491 g/mol. The average Bonchev–Trinajstić information content (AvgIpc) is 3.15. The van der Waals surface area contributed by atoms with Crippen molar-refractivity contribution < 1.29 is 19.4 Å². The third-order valence-corrected chi connectivity index (χ3v) is 6.53. The van der Waals surface area contributed by atoms with Gasteiger partial charge in [0.1, 0.15) is 17.4 Å². The molecule has 32 heavy (non-hydrogen) atoms. The van der Waals surface area contributed by atoms with Gasteiger partial charge in [0.25, 0.3) is 0 Å². The van der Waals surface area contributed by atoms with Crippen LogP contribution in [0.15, 0.2) is 48.5 Å². The Morgan fingerprint density at radius 3 is 2.41 bits per heavy atom. The summed E-state index contributed by atoms with van der Waals surface area (Å²) in [7, 11) is 0. The highest BCUT2D eigenvalue weighted by molar-refractivity contribution is 7.16. The van der Waals surface area contributed by atoms with E-state index >= 15 is 0 Å². The minimum absolute atomic E-state index is 0.117. The molecule has 1 aromatic heterocycles. The molecule has 5 nitrogen and oxygen atoms in total. The molecule has 0 bridgehead atoms. The van der Waals surface area contributed by atoms with Crippen molar-refractivity contribution in [2.24, 2.45) is 0 Å². The first-order chi connectivity index (χ1) is 15.4. The summed E-state index contributed by atoms with van der Waals surface area (Å²) in [6.07, 6.45) is 2.60. The van der Waals surface area contributed by atoms with Crippen molar-refractivity contribution in [1.29, 1.82) is 0 Å². The standard InChI is InChI=1S/C24H23Cl2NO4S/c1-2-3-7-22(28)27-23-18(24(29)30)13-17(32-23)12-15-8-10-16(11-9-15)31-14-19-20(25)5-4-6-21(19)26/h4-6,8-11,13H,2-3,7,12,14H2,1H3,(H,27,28)(H,29,30). The summed E-state index contributed by atoms with van der Waals surface area (Å²) in [5.41, 5.74) is 1.84. The van der Waals surface area contributed by atoms with Crippen LogP contribution < -0.4 is 10.1 Å². The zero-order chi connectivity index (χ0) is 23.1. The highest BCUT2D eigenvalue weighted by Crippen LogP contribution is 2.31. The van der Waals surface area contributed by atoms with Crippen molar-refractivity contribution >= 4 is 51.4 Å². The van der Waals surface area contributed by atoms with Gasteiger partial charge in [-0.1, -0.05) is 54.7 Å². The second-order valence-electron chi connectivity index (χ2n) is 7.22. The summed E-state index contributed by atoms with van der Waals surface area (Å²) in [5, 5.41) is 13.7. The second-order valence-corrected chi connectivity index (χ2v) is 9.17. The van der Waals surface area contributed by atoms with Crippen molar-refractivity contribution in [3.05, 3.63) is 80.1 Å². The first-order valence-corrected chi connectivity index (χ1v) is 11.7. The number of carbonyl (C=O) groups is 2. The van der Waals surface area contributed by atoms with E-state index in [2.05, 4.69) is 5.32 Å². The molecule has 3 aromatic rings. The molecule has 0 fully saturated rings. The van der Waals surface area contributed by atoms with Gasteiger partial charge in [0, 0.05) is 33.3 Å². The Morgan fingerprint density at radius 2 is 1.78 bits per heavy atom. The van der Waals surface area contributed by atoms with E-state index in [4.69, 9.17) is 27.9 Å². The third-order valence-electron chi connectivity index (χ3n) is 4.77. The molecule has 3 rings (SSSR count). The number of hydrogen-bond donors (Lipinski definition) is 2. The van der Waals surface area contributed by atoms with Crippen molar-refractivity contribution in [3.63, 3.8) is 0 Å². The number of halogens is 2. The minimum atomic E-state index is -1.06. The van der Waals surface area contributed by atoms with Crippen LogP contribution in [0.25, 0.3) is 0 Å². The third kappa shape index (κ3) is 6.48. The molecule has 0 saturated carbocycles. The van der Waals surface area contributed by atoms with Gasteiger partial charge in [0.2, 0.25) is 5.91 Å². The summed E-state index contributed by atoms with van der Waals surface area (Å²) in [6.45, 7) is 2.26. The van der Waals surface area contributed by atoms with Crippen molar-refractivity contribution in [2.45, 2.75) is 39.2 Å². The van der Waals surface area contributed by atoms with Crippen molar-refractivity contribution in [1.82, 2.24) is 0 Å². The predicted molar refractivity (Wildman–Crippen MR) is 129 cm³/mol. The van der Waals surface area contributed by atoms with E-state index in [1.54, 1.807) is 24.3 Å². The molecule has 2 N–H and O–H groups in total. The topological polar surface area (TPSA) is 75.6 Å². The number of unbranched alkanes of at least 4 members (excludes halogenated alkanes) is 1. The van der Waals surface area contributed by atoms with E-state index < -0.39 is 5.97 Å². The minimum Gasteiger partial charge on any atom is -0.489 e. The highest BCUT2D eigenvalue weighted by atomic mass is 35.5. The Hall–Kier alpha value is -2.54. The lowest BCUT2D eigenvalue weighted by Crippen LogP contribution is -2.12. The zero-order valence-electron chi connectivity index (χ0n) is 17.5. The van der Waals surface area contributed by atoms with Gasteiger partial charge in [0.15, 0.2) is 0 Å². The number of hydrogen-bond acceptors (Lipinski definition) is 4. The maximum absolute atomic E-state index is 12.0. The van der Waals surface area contributed by atoms with Gasteiger partial charge in [-0.05, 0) is 42.3 Å². The van der Waals surface area contributed by atoms with E-state index in [9.17, 15) is 14.7 Å². The molecule has 0 aliphatic carbocycles. The molecule has 0 saturated heterocycles. The fraction of sp³-hybridized carbons (Fsp3) is 0.250. The lowest BCUT2D eigenvalue weighted by Gasteiger charge is -2.10. The lowest BCUT2D eigenvalue weighted by atomic mass is 10.1. The fourth-order valence-electron chi connectivity index (χ4n) is 3.04. The van der Waals surface area contributed by atoms with Gasteiger partial charge in [-0.2, -0.15) is 0 Å². The van der Waals surface area contributed by atoms with Gasteiger partial charge in [-0.15, -0.1) is 11.3 Å². The maximum atomic E-state index is 12.0. The number of carboxylic acid groups (broad SMARTS) is 1. The average molecular weight is 492 g/mol. The normalized spacial score (nSPS) is 10.7. The smallest absolute Gasteiger partial charge is 0.338 e. The van der Waals surface area contributed by atoms with Crippen LogP contribution in [0.1, 0.15) is 52.5 Å².